The van der Waals surface area contributed by atoms with Crippen LogP contribution in [0.25, 0.3) is 11.8 Å². The first-order valence-corrected chi connectivity index (χ1v) is 6.45. The molecule has 3 heteroatoms. The highest BCUT2D eigenvalue weighted by molar-refractivity contribution is 7.11. The second-order valence-corrected chi connectivity index (χ2v) is 4.83. The van der Waals surface area contributed by atoms with Gasteiger partial charge in [-0.1, -0.05) is 36.4 Å². The summed E-state index contributed by atoms with van der Waals surface area (Å²) in [5.74, 6) is 0.347. The molecule has 1 aromatic carbocycles. The summed E-state index contributed by atoms with van der Waals surface area (Å²) in [4.78, 5) is 12.7. The van der Waals surface area contributed by atoms with E-state index in [-0.39, 0.29) is 5.97 Å². The molecule has 0 amide bonds. The Balaban J connectivity index is 1.94. The maximum absolute atomic E-state index is 11.7. The highest BCUT2D eigenvalue weighted by Crippen LogP contribution is 2.29. The van der Waals surface area contributed by atoms with E-state index in [1.807, 2.05) is 53.9 Å². The molecular weight excluding hydrogens is 244 g/mol. The second-order valence-electron chi connectivity index (χ2n) is 3.89. The zero-order chi connectivity index (χ0) is 12.4. The maximum atomic E-state index is 11.7. The fourth-order valence-electron chi connectivity index (χ4n) is 1.76. The Bertz CT molecular complexity index is 622. The van der Waals surface area contributed by atoms with E-state index in [0.29, 0.717) is 11.3 Å². The van der Waals surface area contributed by atoms with E-state index in [4.69, 9.17) is 4.74 Å². The van der Waals surface area contributed by atoms with Crippen molar-refractivity contribution in [3.05, 3.63) is 69.9 Å². The largest absolute Gasteiger partial charge is 0.421 e. The second kappa shape index (κ2) is 4.63. The Morgan fingerprint density at radius 2 is 1.89 bits per heavy atom. The molecule has 1 aliphatic rings. The van der Waals surface area contributed by atoms with Gasteiger partial charge in [-0.15, -0.1) is 11.3 Å². The van der Waals surface area contributed by atoms with Gasteiger partial charge in [0.25, 0.3) is 0 Å². The van der Waals surface area contributed by atoms with Gasteiger partial charge in [0.05, 0.1) is 10.5 Å². The molecule has 88 valence electrons. The Hall–Kier alpha value is -2.13. The van der Waals surface area contributed by atoms with E-state index in [9.17, 15) is 4.79 Å². The van der Waals surface area contributed by atoms with E-state index in [2.05, 4.69) is 0 Å². The summed E-state index contributed by atoms with van der Waals surface area (Å²) in [5, 5.41) is 1.96. The number of hydrogen-bond donors (Lipinski definition) is 0. The molecule has 1 aliphatic heterocycles. The van der Waals surface area contributed by atoms with Gasteiger partial charge in [0.15, 0.2) is 0 Å². The van der Waals surface area contributed by atoms with Crippen LogP contribution in [0.15, 0.2) is 59.5 Å². The number of thiophene rings is 1. The highest BCUT2D eigenvalue weighted by atomic mass is 32.1. The maximum Gasteiger partial charge on any atom is 0.343 e. The zero-order valence-corrected chi connectivity index (χ0v) is 10.3. The molecule has 0 spiro atoms. The van der Waals surface area contributed by atoms with Crippen LogP contribution in [-0.2, 0) is 9.53 Å². The number of benzene rings is 1. The van der Waals surface area contributed by atoms with Gasteiger partial charge in [-0.05, 0) is 29.2 Å². The van der Waals surface area contributed by atoms with Crippen molar-refractivity contribution in [3.8, 4) is 0 Å². The van der Waals surface area contributed by atoms with Crippen molar-refractivity contribution >= 4 is 29.1 Å². The number of cyclic esters (lactones) is 1. The van der Waals surface area contributed by atoms with Crippen LogP contribution < -0.4 is 0 Å². The number of hydrogen-bond acceptors (Lipinski definition) is 3. The predicted octanol–water partition coefficient (Wildman–Crippen LogP) is 3.73. The van der Waals surface area contributed by atoms with Crippen LogP contribution in [-0.4, -0.2) is 5.97 Å². The van der Waals surface area contributed by atoms with Crippen LogP contribution in [0.2, 0.25) is 0 Å². The van der Waals surface area contributed by atoms with Crippen LogP contribution in [0.5, 0.6) is 0 Å². The smallest absolute Gasteiger partial charge is 0.343 e. The first-order valence-electron chi connectivity index (χ1n) is 5.57. The molecule has 0 saturated carbocycles. The fourth-order valence-corrected chi connectivity index (χ4v) is 2.44. The monoisotopic (exact) mass is 254 g/mol. The average molecular weight is 254 g/mol. The van der Waals surface area contributed by atoms with Crippen molar-refractivity contribution < 1.29 is 9.53 Å². The van der Waals surface area contributed by atoms with Gasteiger partial charge < -0.3 is 4.74 Å². The molecule has 3 rings (SSSR count). The average Bonchev–Trinajstić information content (AvgIpc) is 3.01. The van der Waals surface area contributed by atoms with Crippen molar-refractivity contribution in [2.75, 3.05) is 0 Å². The first kappa shape index (κ1) is 11.0. The van der Waals surface area contributed by atoms with Gasteiger partial charge in [-0.25, -0.2) is 4.79 Å². The SMILES string of the molecule is O=C1OC(c2cccs2)=C/C1=C/c1ccccc1. The third-order valence-electron chi connectivity index (χ3n) is 2.61. The minimum absolute atomic E-state index is 0.290. The van der Waals surface area contributed by atoms with Crippen molar-refractivity contribution in [2.24, 2.45) is 0 Å². The highest BCUT2D eigenvalue weighted by Gasteiger charge is 2.22. The standard InChI is InChI=1S/C15H10O2S/c16-15-12(9-11-5-2-1-3-6-11)10-13(17-15)14-7-4-8-18-14/h1-10H/b12-9-. The van der Waals surface area contributed by atoms with Crippen molar-refractivity contribution in [1.82, 2.24) is 0 Å². The summed E-state index contributed by atoms with van der Waals surface area (Å²) in [6, 6.07) is 13.6. The van der Waals surface area contributed by atoms with Gasteiger partial charge in [-0.3, -0.25) is 0 Å². The van der Waals surface area contributed by atoms with Crippen LogP contribution >= 0.6 is 11.3 Å². The number of carbonyl (C=O) groups is 1. The van der Waals surface area contributed by atoms with Gasteiger partial charge in [-0.2, -0.15) is 0 Å². The van der Waals surface area contributed by atoms with Gasteiger partial charge in [0, 0.05) is 0 Å². The van der Waals surface area contributed by atoms with E-state index in [1.54, 1.807) is 17.4 Å². The predicted molar refractivity (Wildman–Crippen MR) is 72.8 cm³/mol. The number of esters is 1. The van der Waals surface area contributed by atoms with Gasteiger partial charge in [0.2, 0.25) is 0 Å². The van der Waals surface area contributed by atoms with Crippen LogP contribution in [0, 0.1) is 0 Å². The summed E-state index contributed by atoms with van der Waals surface area (Å²) >= 11 is 1.56. The van der Waals surface area contributed by atoms with E-state index in [1.165, 1.54) is 0 Å². The molecule has 0 unspecified atom stereocenters. The Kier molecular flexibility index (Phi) is 2.82. The van der Waals surface area contributed by atoms with Gasteiger partial charge in [0.1, 0.15) is 5.76 Å². The lowest BCUT2D eigenvalue weighted by molar-refractivity contribution is -0.130. The summed E-state index contributed by atoms with van der Waals surface area (Å²) in [7, 11) is 0. The fraction of sp³-hybridized carbons (Fsp3) is 0. The van der Waals surface area contributed by atoms with Crippen LogP contribution in [0.3, 0.4) is 0 Å². The third kappa shape index (κ3) is 2.13. The molecule has 1 aromatic heterocycles. The molecule has 2 heterocycles. The number of rotatable bonds is 2. The Morgan fingerprint density at radius 3 is 2.61 bits per heavy atom. The summed E-state index contributed by atoms with van der Waals surface area (Å²) in [6.07, 6.45) is 3.63. The molecular formula is C15H10O2S. The van der Waals surface area contributed by atoms with Crippen molar-refractivity contribution in [1.29, 1.82) is 0 Å². The molecule has 0 fully saturated rings. The van der Waals surface area contributed by atoms with Gasteiger partial charge >= 0.3 is 5.97 Å². The lowest BCUT2D eigenvalue weighted by Gasteiger charge is -1.96. The van der Waals surface area contributed by atoms with Crippen molar-refractivity contribution in [2.45, 2.75) is 0 Å². The molecule has 0 saturated heterocycles. The Morgan fingerprint density at radius 1 is 1.06 bits per heavy atom. The first-order chi connectivity index (χ1) is 8.83. The van der Waals surface area contributed by atoms with Crippen LogP contribution in [0.4, 0.5) is 0 Å². The van der Waals surface area contributed by atoms with E-state index >= 15 is 0 Å². The molecule has 0 aliphatic carbocycles. The zero-order valence-electron chi connectivity index (χ0n) is 9.50. The minimum atomic E-state index is -0.290. The molecule has 0 radical (unpaired) electrons. The van der Waals surface area contributed by atoms with Crippen LogP contribution in [0.1, 0.15) is 10.4 Å². The molecule has 0 atom stereocenters. The lowest BCUT2D eigenvalue weighted by atomic mass is 10.1. The molecule has 2 aromatic rings. The minimum Gasteiger partial charge on any atom is -0.421 e. The topological polar surface area (TPSA) is 26.3 Å². The summed E-state index contributed by atoms with van der Waals surface area (Å²) in [5.41, 5.74) is 1.58. The summed E-state index contributed by atoms with van der Waals surface area (Å²) in [6.45, 7) is 0. The quantitative estimate of drug-likeness (QED) is 0.603. The van der Waals surface area contributed by atoms with E-state index < -0.39 is 0 Å². The summed E-state index contributed by atoms with van der Waals surface area (Å²) < 4.78 is 5.25. The number of carbonyl (C=O) groups excluding carboxylic acids is 1. The Labute approximate surface area is 109 Å². The number of ether oxygens (including phenoxy) is 1. The third-order valence-corrected chi connectivity index (χ3v) is 3.50. The molecule has 2 nitrogen and oxygen atoms in total. The normalized spacial score (nSPS) is 16.8. The molecule has 0 N–H and O–H groups in total. The molecule has 0 bridgehead atoms. The van der Waals surface area contributed by atoms with Crippen molar-refractivity contribution in [3.63, 3.8) is 0 Å². The molecule has 18 heavy (non-hydrogen) atoms. The van der Waals surface area contributed by atoms with E-state index in [0.717, 1.165) is 10.4 Å². The lowest BCUT2D eigenvalue weighted by Crippen LogP contribution is -1.96.